The first kappa shape index (κ1) is 16.5. The molecule has 19 heavy (non-hydrogen) atoms. The van der Waals surface area contributed by atoms with Crippen LogP contribution in [-0.2, 0) is 10.0 Å². The third-order valence-electron chi connectivity index (χ3n) is 2.30. The van der Waals surface area contributed by atoms with E-state index in [2.05, 4.69) is 20.7 Å². The van der Waals surface area contributed by atoms with Gasteiger partial charge in [0.15, 0.2) is 4.90 Å². The van der Waals surface area contributed by atoms with Crippen LogP contribution in [0.5, 0.6) is 0 Å². The van der Waals surface area contributed by atoms with E-state index in [4.69, 9.17) is 0 Å². The minimum absolute atomic E-state index is 0.0501. The summed E-state index contributed by atoms with van der Waals surface area (Å²) in [5.41, 5.74) is 0. The van der Waals surface area contributed by atoms with E-state index in [1.807, 2.05) is 6.92 Å². The first-order valence-electron chi connectivity index (χ1n) is 5.52. The van der Waals surface area contributed by atoms with Crippen LogP contribution in [0.2, 0.25) is 0 Å². The molecule has 0 aromatic heterocycles. The molecule has 0 aliphatic rings. The summed E-state index contributed by atoms with van der Waals surface area (Å²) in [4.78, 5) is -0.933. The van der Waals surface area contributed by atoms with Gasteiger partial charge in [-0.15, -0.1) is 0 Å². The Balaban J connectivity index is 2.84. The molecule has 0 heterocycles. The van der Waals surface area contributed by atoms with E-state index < -0.39 is 32.4 Å². The van der Waals surface area contributed by atoms with Gasteiger partial charge in [-0.25, -0.2) is 26.3 Å². The Morgan fingerprint density at radius 2 is 1.79 bits per heavy atom. The molecule has 0 aliphatic carbocycles. The second-order valence-electron chi connectivity index (χ2n) is 4.02. The van der Waals surface area contributed by atoms with E-state index in [-0.39, 0.29) is 11.4 Å². The summed E-state index contributed by atoms with van der Waals surface area (Å²) in [5, 5.41) is 0. The summed E-state index contributed by atoms with van der Waals surface area (Å²) in [6.07, 6.45) is 1.22. The van der Waals surface area contributed by atoms with Gasteiger partial charge in [0, 0.05) is 23.5 Å². The van der Waals surface area contributed by atoms with Gasteiger partial charge in [0.2, 0.25) is 10.0 Å². The van der Waals surface area contributed by atoms with Gasteiger partial charge in [0.1, 0.15) is 17.5 Å². The van der Waals surface area contributed by atoms with Crippen molar-refractivity contribution in [2.24, 2.45) is 0 Å². The zero-order valence-electron chi connectivity index (χ0n) is 10.1. The lowest BCUT2D eigenvalue weighted by molar-refractivity contribution is 0.493. The Labute approximate surface area is 118 Å². The third-order valence-corrected chi connectivity index (χ3v) is 4.27. The average molecular weight is 360 g/mol. The monoisotopic (exact) mass is 359 g/mol. The lowest BCUT2D eigenvalue weighted by Gasteiger charge is -2.09. The summed E-state index contributed by atoms with van der Waals surface area (Å²) < 4.78 is 64.9. The maximum Gasteiger partial charge on any atom is 0.246 e. The molecule has 0 amide bonds. The predicted octanol–water partition coefficient (Wildman–Crippen LogP) is 2.95. The topological polar surface area (TPSA) is 46.2 Å². The van der Waals surface area contributed by atoms with Crippen LogP contribution in [0.1, 0.15) is 19.8 Å². The molecule has 3 nitrogen and oxygen atoms in total. The molecular formula is C11H13BrF3NO2S. The number of hydrogen-bond donors (Lipinski definition) is 1. The van der Waals surface area contributed by atoms with Crippen molar-refractivity contribution >= 4 is 26.0 Å². The molecule has 1 unspecified atom stereocenters. The second-order valence-corrected chi connectivity index (χ2v) is 7.29. The molecule has 0 saturated carbocycles. The minimum atomic E-state index is -4.32. The van der Waals surface area contributed by atoms with Crippen molar-refractivity contribution in [1.29, 1.82) is 0 Å². The predicted molar refractivity (Wildman–Crippen MR) is 69.1 cm³/mol. The van der Waals surface area contributed by atoms with Crippen LogP contribution in [0.25, 0.3) is 0 Å². The minimum Gasteiger partial charge on any atom is -0.211 e. The Hall–Kier alpha value is -0.600. The number of sulfonamides is 1. The van der Waals surface area contributed by atoms with Crippen molar-refractivity contribution in [3.63, 3.8) is 0 Å². The maximum absolute atomic E-state index is 13.3. The van der Waals surface area contributed by atoms with Crippen molar-refractivity contribution in [3.8, 4) is 0 Å². The molecule has 0 bridgehead atoms. The normalized spacial score (nSPS) is 13.5. The van der Waals surface area contributed by atoms with Gasteiger partial charge in [-0.05, 0) is 12.8 Å². The van der Waals surface area contributed by atoms with E-state index in [0.717, 1.165) is 0 Å². The summed E-state index contributed by atoms with van der Waals surface area (Å²) in [6.45, 7) is 1.95. The number of nitrogens with one attached hydrogen (secondary N) is 1. The Morgan fingerprint density at radius 1 is 1.26 bits per heavy atom. The highest BCUT2D eigenvalue weighted by molar-refractivity contribution is 9.09. The zero-order valence-corrected chi connectivity index (χ0v) is 12.5. The SMILES string of the molecule is CC(Br)CCCNS(=O)(=O)c1c(F)cc(F)cc1F. The van der Waals surface area contributed by atoms with Crippen molar-refractivity contribution < 1.29 is 21.6 Å². The van der Waals surface area contributed by atoms with E-state index >= 15 is 0 Å². The molecule has 0 radical (unpaired) electrons. The molecule has 108 valence electrons. The van der Waals surface area contributed by atoms with Crippen LogP contribution >= 0.6 is 15.9 Å². The van der Waals surface area contributed by atoms with Crippen molar-refractivity contribution in [3.05, 3.63) is 29.6 Å². The van der Waals surface area contributed by atoms with E-state index in [1.165, 1.54) is 0 Å². The Bertz CT molecular complexity index is 526. The standard InChI is InChI=1S/C11H13BrF3NO2S/c1-7(12)3-2-4-16-19(17,18)11-9(14)5-8(13)6-10(11)15/h5-7,16H,2-4H2,1H3. The van der Waals surface area contributed by atoms with Gasteiger partial charge in [-0.2, -0.15) is 0 Å². The third kappa shape index (κ3) is 4.77. The van der Waals surface area contributed by atoms with Crippen LogP contribution in [-0.4, -0.2) is 19.8 Å². The highest BCUT2D eigenvalue weighted by Gasteiger charge is 2.24. The van der Waals surface area contributed by atoms with Gasteiger partial charge in [-0.1, -0.05) is 22.9 Å². The number of hydrogen-bond acceptors (Lipinski definition) is 2. The molecule has 8 heteroatoms. The number of halogens is 4. The molecule has 1 aromatic rings. The van der Waals surface area contributed by atoms with Gasteiger partial charge < -0.3 is 0 Å². The zero-order chi connectivity index (χ0) is 14.6. The highest BCUT2D eigenvalue weighted by atomic mass is 79.9. The van der Waals surface area contributed by atoms with Gasteiger partial charge in [-0.3, -0.25) is 0 Å². The highest BCUT2D eigenvalue weighted by Crippen LogP contribution is 2.20. The quantitative estimate of drug-likeness (QED) is 0.626. The Morgan fingerprint density at radius 3 is 2.26 bits per heavy atom. The maximum atomic E-state index is 13.3. The van der Waals surface area contributed by atoms with Gasteiger partial charge >= 0.3 is 0 Å². The second kappa shape index (κ2) is 6.71. The average Bonchev–Trinajstić information content (AvgIpc) is 2.22. The van der Waals surface area contributed by atoms with E-state index in [9.17, 15) is 21.6 Å². The molecule has 1 atom stereocenters. The van der Waals surface area contributed by atoms with Crippen LogP contribution in [0, 0.1) is 17.5 Å². The molecular weight excluding hydrogens is 347 g/mol. The number of rotatable bonds is 6. The summed E-state index contributed by atoms with van der Waals surface area (Å²) in [6, 6.07) is 0.663. The fourth-order valence-electron chi connectivity index (χ4n) is 1.45. The van der Waals surface area contributed by atoms with Crippen LogP contribution in [0.15, 0.2) is 17.0 Å². The van der Waals surface area contributed by atoms with E-state index in [0.29, 0.717) is 25.0 Å². The molecule has 0 saturated heterocycles. The summed E-state index contributed by atoms with van der Waals surface area (Å²) >= 11 is 3.29. The smallest absolute Gasteiger partial charge is 0.211 e. The molecule has 1 rings (SSSR count). The van der Waals surface area contributed by atoms with Crippen LogP contribution in [0.4, 0.5) is 13.2 Å². The van der Waals surface area contributed by atoms with Crippen molar-refractivity contribution in [2.45, 2.75) is 29.5 Å². The first-order chi connectivity index (χ1) is 8.74. The lowest BCUT2D eigenvalue weighted by atomic mass is 10.2. The van der Waals surface area contributed by atoms with Gasteiger partial charge in [0.05, 0.1) is 0 Å². The van der Waals surface area contributed by atoms with Gasteiger partial charge in [0.25, 0.3) is 0 Å². The van der Waals surface area contributed by atoms with Crippen molar-refractivity contribution in [2.75, 3.05) is 6.54 Å². The summed E-state index contributed by atoms with van der Waals surface area (Å²) in [5.74, 6) is -4.06. The molecule has 0 fully saturated rings. The fourth-order valence-corrected chi connectivity index (χ4v) is 2.96. The largest absolute Gasteiger partial charge is 0.246 e. The van der Waals surface area contributed by atoms with Crippen molar-refractivity contribution in [1.82, 2.24) is 4.72 Å². The fraction of sp³-hybridized carbons (Fsp3) is 0.455. The van der Waals surface area contributed by atoms with E-state index in [1.54, 1.807) is 0 Å². The molecule has 0 aliphatic heterocycles. The molecule has 1 N–H and O–H groups in total. The summed E-state index contributed by atoms with van der Waals surface area (Å²) in [7, 11) is -4.32. The number of alkyl halides is 1. The first-order valence-corrected chi connectivity index (χ1v) is 7.92. The van der Waals surface area contributed by atoms with Crippen LogP contribution in [0.3, 0.4) is 0 Å². The molecule has 1 aromatic carbocycles. The Kier molecular flexibility index (Phi) is 5.82. The number of benzene rings is 1. The molecule has 0 spiro atoms. The lowest BCUT2D eigenvalue weighted by Crippen LogP contribution is -2.27. The van der Waals surface area contributed by atoms with Crippen LogP contribution < -0.4 is 4.72 Å².